The van der Waals surface area contributed by atoms with E-state index >= 15 is 0 Å². The van der Waals surface area contributed by atoms with E-state index in [0.717, 1.165) is 0 Å². The van der Waals surface area contributed by atoms with Gasteiger partial charge in [-0.2, -0.15) is 0 Å². The molecule has 0 N–H and O–H groups in total. The summed E-state index contributed by atoms with van der Waals surface area (Å²) in [6, 6.07) is -0.594. The molecule has 1 fully saturated rings. The Hall–Kier alpha value is -1.10. The number of morpholine rings is 1. The Morgan fingerprint density at radius 1 is 1.41 bits per heavy atom. The zero-order valence-electron chi connectivity index (χ0n) is 11.0. The summed E-state index contributed by atoms with van der Waals surface area (Å²) < 4.78 is 9.91. The number of carbonyl (C=O) groups is 2. The quantitative estimate of drug-likeness (QED) is 0.674. The molecule has 0 aromatic rings. The molecule has 1 heterocycles. The number of esters is 1. The van der Waals surface area contributed by atoms with E-state index in [4.69, 9.17) is 4.74 Å². The van der Waals surface area contributed by atoms with Crippen LogP contribution in [0.5, 0.6) is 0 Å². The van der Waals surface area contributed by atoms with Crippen LogP contribution in [0.4, 0.5) is 0 Å². The number of hydrogen-bond donors (Lipinski definition) is 0. The summed E-state index contributed by atoms with van der Waals surface area (Å²) in [5.41, 5.74) is -0.0872. The average molecular weight is 243 g/mol. The largest absolute Gasteiger partial charge is 0.467 e. The lowest BCUT2D eigenvalue weighted by Crippen LogP contribution is -2.53. The Bertz CT molecular complexity index is 295. The normalized spacial score (nSPS) is 21.2. The van der Waals surface area contributed by atoms with Crippen molar-refractivity contribution < 1.29 is 19.1 Å². The topological polar surface area (TPSA) is 55.8 Å². The van der Waals surface area contributed by atoms with E-state index in [2.05, 4.69) is 4.74 Å². The number of amides is 1. The fraction of sp³-hybridized carbons (Fsp3) is 0.833. The summed E-state index contributed by atoms with van der Waals surface area (Å²) in [5.74, 6) is -0.428. The van der Waals surface area contributed by atoms with E-state index in [1.807, 2.05) is 20.8 Å². The molecule has 1 saturated heterocycles. The molecular formula is C12H21NO4. The smallest absolute Gasteiger partial charge is 0.331 e. The van der Waals surface area contributed by atoms with Crippen molar-refractivity contribution in [3.8, 4) is 0 Å². The van der Waals surface area contributed by atoms with Crippen LogP contribution in [0.15, 0.2) is 0 Å². The van der Waals surface area contributed by atoms with Gasteiger partial charge < -0.3 is 14.4 Å². The highest BCUT2D eigenvalue weighted by Crippen LogP contribution is 2.21. The summed E-state index contributed by atoms with van der Waals surface area (Å²) in [6.45, 7) is 7.15. The molecule has 5 nitrogen and oxygen atoms in total. The lowest BCUT2D eigenvalue weighted by atomic mass is 9.91. The third-order valence-corrected chi connectivity index (χ3v) is 2.60. The summed E-state index contributed by atoms with van der Waals surface area (Å²) >= 11 is 0. The standard InChI is InChI=1S/C12H21NO4/c1-12(2,3)7-10(14)13-5-6-17-8-9(13)11(15)16-4/h9H,5-8H2,1-4H3/t9-/m0/s1. The van der Waals surface area contributed by atoms with E-state index in [9.17, 15) is 9.59 Å². The van der Waals surface area contributed by atoms with Crippen molar-refractivity contribution in [3.05, 3.63) is 0 Å². The second kappa shape index (κ2) is 5.49. The van der Waals surface area contributed by atoms with Crippen LogP contribution in [0.3, 0.4) is 0 Å². The highest BCUT2D eigenvalue weighted by molar-refractivity contribution is 5.85. The second-order valence-corrected chi connectivity index (χ2v) is 5.44. The Morgan fingerprint density at radius 2 is 2.06 bits per heavy atom. The molecule has 0 spiro atoms. The molecule has 1 amide bonds. The summed E-state index contributed by atoms with van der Waals surface area (Å²) in [6.07, 6.45) is 0.417. The molecule has 0 saturated carbocycles. The van der Waals surface area contributed by atoms with Crippen molar-refractivity contribution in [1.29, 1.82) is 0 Å². The lowest BCUT2D eigenvalue weighted by molar-refractivity contribution is -0.161. The zero-order valence-corrected chi connectivity index (χ0v) is 11.0. The first kappa shape index (κ1) is 14.0. The third-order valence-electron chi connectivity index (χ3n) is 2.60. The molecule has 1 atom stereocenters. The number of hydrogen-bond acceptors (Lipinski definition) is 4. The predicted molar refractivity (Wildman–Crippen MR) is 62.4 cm³/mol. The first-order valence-corrected chi connectivity index (χ1v) is 5.80. The number of carbonyl (C=O) groups excluding carboxylic acids is 2. The monoisotopic (exact) mass is 243 g/mol. The number of ether oxygens (including phenoxy) is 2. The minimum absolute atomic E-state index is 0.0174. The molecule has 0 aromatic heterocycles. The van der Waals surface area contributed by atoms with Gasteiger partial charge in [0.05, 0.1) is 20.3 Å². The van der Waals surface area contributed by atoms with Crippen molar-refractivity contribution in [2.75, 3.05) is 26.9 Å². The molecular weight excluding hydrogens is 222 g/mol. The Labute approximate surface area is 102 Å². The van der Waals surface area contributed by atoms with E-state index in [0.29, 0.717) is 19.6 Å². The highest BCUT2D eigenvalue weighted by atomic mass is 16.5. The van der Waals surface area contributed by atoms with Gasteiger partial charge in [-0.25, -0.2) is 4.79 Å². The Kier molecular flexibility index (Phi) is 4.51. The molecule has 0 radical (unpaired) electrons. The van der Waals surface area contributed by atoms with E-state index in [1.165, 1.54) is 7.11 Å². The van der Waals surface area contributed by atoms with Crippen LogP contribution in [0, 0.1) is 5.41 Å². The summed E-state index contributed by atoms with van der Waals surface area (Å²) in [7, 11) is 1.32. The molecule has 17 heavy (non-hydrogen) atoms. The first-order valence-electron chi connectivity index (χ1n) is 5.80. The molecule has 0 unspecified atom stereocenters. The number of rotatable bonds is 2. The lowest BCUT2D eigenvalue weighted by Gasteiger charge is -2.35. The fourth-order valence-electron chi connectivity index (χ4n) is 1.79. The minimum atomic E-state index is -0.594. The van der Waals surface area contributed by atoms with E-state index in [1.54, 1.807) is 4.90 Å². The molecule has 0 aliphatic carbocycles. The van der Waals surface area contributed by atoms with Gasteiger partial charge in [0.25, 0.3) is 0 Å². The molecule has 1 aliphatic heterocycles. The molecule has 98 valence electrons. The SMILES string of the molecule is COC(=O)[C@@H]1COCCN1C(=O)CC(C)(C)C. The first-order chi connectivity index (χ1) is 7.85. The number of nitrogens with zero attached hydrogens (tertiary/aromatic N) is 1. The molecule has 0 aromatic carbocycles. The third kappa shape index (κ3) is 4.00. The molecule has 0 bridgehead atoms. The Morgan fingerprint density at radius 3 is 2.59 bits per heavy atom. The van der Waals surface area contributed by atoms with Crippen molar-refractivity contribution in [2.45, 2.75) is 33.2 Å². The van der Waals surface area contributed by atoms with Gasteiger partial charge >= 0.3 is 5.97 Å². The van der Waals surface area contributed by atoms with Crippen LogP contribution in [0.2, 0.25) is 0 Å². The zero-order chi connectivity index (χ0) is 13.1. The van der Waals surface area contributed by atoms with Crippen molar-refractivity contribution in [2.24, 2.45) is 5.41 Å². The summed E-state index contributed by atoms with van der Waals surface area (Å²) in [5, 5.41) is 0. The maximum Gasteiger partial charge on any atom is 0.331 e. The van der Waals surface area contributed by atoms with Gasteiger partial charge in [-0.15, -0.1) is 0 Å². The van der Waals surface area contributed by atoms with Crippen molar-refractivity contribution >= 4 is 11.9 Å². The van der Waals surface area contributed by atoms with Crippen LogP contribution >= 0.6 is 0 Å². The van der Waals surface area contributed by atoms with Gasteiger partial charge in [0.2, 0.25) is 5.91 Å². The maximum atomic E-state index is 12.1. The fourth-order valence-corrected chi connectivity index (χ4v) is 1.79. The van der Waals surface area contributed by atoms with Gasteiger partial charge in [-0.3, -0.25) is 4.79 Å². The Balaban J connectivity index is 2.71. The summed E-state index contributed by atoms with van der Waals surface area (Å²) in [4.78, 5) is 25.2. The predicted octanol–water partition coefficient (Wildman–Crippen LogP) is 0.823. The molecule has 5 heteroatoms. The van der Waals surface area contributed by atoms with Gasteiger partial charge in [0, 0.05) is 13.0 Å². The van der Waals surface area contributed by atoms with Gasteiger partial charge in [-0.1, -0.05) is 20.8 Å². The van der Waals surface area contributed by atoms with E-state index in [-0.39, 0.29) is 17.9 Å². The van der Waals surface area contributed by atoms with Crippen LogP contribution < -0.4 is 0 Å². The highest BCUT2D eigenvalue weighted by Gasteiger charge is 2.34. The molecule has 1 rings (SSSR count). The molecule has 1 aliphatic rings. The van der Waals surface area contributed by atoms with Crippen LogP contribution in [0.25, 0.3) is 0 Å². The van der Waals surface area contributed by atoms with Gasteiger partial charge in [0.1, 0.15) is 0 Å². The van der Waals surface area contributed by atoms with E-state index < -0.39 is 12.0 Å². The van der Waals surface area contributed by atoms with Gasteiger partial charge in [0.15, 0.2) is 6.04 Å². The van der Waals surface area contributed by atoms with Crippen molar-refractivity contribution in [1.82, 2.24) is 4.90 Å². The van der Waals surface area contributed by atoms with Crippen LogP contribution in [0.1, 0.15) is 27.2 Å². The second-order valence-electron chi connectivity index (χ2n) is 5.44. The number of methoxy groups -OCH3 is 1. The maximum absolute atomic E-state index is 12.1. The van der Waals surface area contributed by atoms with Crippen molar-refractivity contribution in [3.63, 3.8) is 0 Å². The van der Waals surface area contributed by atoms with Crippen LogP contribution in [-0.4, -0.2) is 49.7 Å². The van der Waals surface area contributed by atoms with Crippen LogP contribution in [-0.2, 0) is 19.1 Å². The minimum Gasteiger partial charge on any atom is -0.467 e. The van der Waals surface area contributed by atoms with Gasteiger partial charge in [-0.05, 0) is 5.41 Å². The average Bonchev–Trinajstić information content (AvgIpc) is 2.25.